The van der Waals surface area contributed by atoms with E-state index >= 15 is 0 Å². The van der Waals surface area contributed by atoms with Gasteiger partial charge in [-0.25, -0.2) is 4.98 Å². The summed E-state index contributed by atoms with van der Waals surface area (Å²) < 4.78 is 2.48. The molecule has 0 bridgehead atoms. The van der Waals surface area contributed by atoms with Gasteiger partial charge in [-0.05, 0) is 37.9 Å². The van der Waals surface area contributed by atoms with Crippen LogP contribution in [0.1, 0.15) is 43.6 Å². The Hall–Kier alpha value is -0.440. The molecule has 2 nitrogen and oxygen atoms in total. The highest BCUT2D eigenvalue weighted by atomic mass is 32.2. The number of imidazole rings is 1. The van der Waals surface area contributed by atoms with E-state index in [4.69, 9.17) is 0 Å². The molecule has 0 amide bonds. The Morgan fingerprint density at radius 2 is 2.31 bits per heavy atom. The number of rotatable bonds is 2. The summed E-state index contributed by atoms with van der Waals surface area (Å²) in [7, 11) is 0. The summed E-state index contributed by atoms with van der Waals surface area (Å²) in [6, 6.07) is 0. The van der Waals surface area contributed by atoms with Crippen LogP contribution in [-0.4, -0.2) is 20.6 Å². The fourth-order valence-electron chi connectivity index (χ4n) is 2.84. The normalized spacial score (nSPS) is 25.4. The van der Waals surface area contributed by atoms with E-state index in [2.05, 4.69) is 27.5 Å². The van der Waals surface area contributed by atoms with Gasteiger partial charge in [0.25, 0.3) is 0 Å². The maximum atomic E-state index is 4.64. The van der Waals surface area contributed by atoms with E-state index in [1.54, 1.807) is 0 Å². The number of hydrogen-bond acceptors (Lipinski definition) is 2. The van der Waals surface area contributed by atoms with Gasteiger partial charge in [-0.1, -0.05) is 6.42 Å². The van der Waals surface area contributed by atoms with Gasteiger partial charge in [-0.3, -0.25) is 0 Å². The Bertz CT molecular complexity index is 353. The Morgan fingerprint density at radius 1 is 1.31 bits per heavy atom. The third-order valence-corrected chi connectivity index (χ3v) is 5.17. The summed E-state index contributed by atoms with van der Waals surface area (Å²) in [5, 5.41) is 0.835. The van der Waals surface area contributed by atoms with E-state index in [1.165, 1.54) is 68.8 Å². The number of thioether (sulfide) groups is 1. The Kier molecular flexibility index (Phi) is 3.22. The standard InChI is InChI=1S/C13H20N2S/c1-3-7-15-11(5-1)10-14-13(15)9-12-6-2-4-8-16-12/h10,12H,1-9H2. The molecule has 88 valence electrons. The molecule has 0 saturated carbocycles. The summed E-state index contributed by atoms with van der Waals surface area (Å²) >= 11 is 2.16. The lowest BCUT2D eigenvalue weighted by molar-refractivity contribution is 0.508. The summed E-state index contributed by atoms with van der Waals surface area (Å²) in [5.41, 5.74) is 1.47. The van der Waals surface area contributed by atoms with Crippen LogP contribution in [0, 0.1) is 0 Å². The lowest BCUT2D eigenvalue weighted by Crippen LogP contribution is -2.18. The lowest BCUT2D eigenvalue weighted by Gasteiger charge is -2.22. The molecule has 16 heavy (non-hydrogen) atoms. The molecule has 0 spiro atoms. The first-order valence-electron chi connectivity index (χ1n) is 6.58. The van der Waals surface area contributed by atoms with Crippen LogP contribution in [0.25, 0.3) is 0 Å². The van der Waals surface area contributed by atoms with Gasteiger partial charge in [0.1, 0.15) is 5.82 Å². The molecular weight excluding hydrogens is 216 g/mol. The molecule has 2 aliphatic rings. The lowest BCUT2D eigenvalue weighted by atomic mass is 10.1. The highest BCUT2D eigenvalue weighted by molar-refractivity contribution is 7.99. The molecule has 0 aromatic carbocycles. The van der Waals surface area contributed by atoms with Crippen molar-refractivity contribution in [3.8, 4) is 0 Å². The second-order valence-electron chi connectivity index (χ2n) is 4.97. The van der Waals surface area contributed by atoms with Gasteiger partial charge in [0.15, 0.2) is 0 Å². The predicted molar refractivity (Wildman–Crippen MR) is 69.0 cm³/mol. The van der Waals surface area contributed by atoms with Crippen LogP contribution in [0.2, 0.25) is 0 Å². The molecule has 0 aliphatic carbocycles. The molecule has 1 saturated heterocycles. The number of aromatic nitrogens is 2. The zero-order valence-electron chi connectivity index (χ0n) is 9.82. The third-order valence-electron chi connectivity index (χ3n) is 3.77. The zero-order chi connectivity index (χ0) is 10.8. The van der Waals surface area contributed by atoms with Crippen molar-refractivity contribution in [3.63, 3.8) is 0 Å². The van der Waals surface area contributed by atoms with E-state index in [9.17, 15) is 0 Å². The molecule has 2 aliphatic heterocycles. The summed E-state index contributed by atoms with van der Waals surface area (Å²) in [6.07, 6.45) is 11.5. The summed E-state index contributed by atoms with van der Waals surface area (Å²) in [6.45, 7) is 1.21. The monoisotopic (exact) mass is 236 g/mol. The quantitative estimate of drug-likeness (QED) is 0.785. The molecule has 1 atom stereocenters. The van der Waals surface area contributed by atoms with Gasteiger partial charge in [-0.15, -0.1) is 0 Å². The van der Waals surface area contributed by atoms with E-state index in [0.717, 1.165) is 5.25 Å². The van der Waals surface area contributed by atoms with E-state index in [1.807, 2.05) is 0 Å². The highest BCUT2D eigenvalue weighted by Crippen LogP contribution is 2.28. The molecule has 1 fully saturated rings. The first-order valence-corrected chi connectivity index (χ1v) is 7.63. The van der Waals surface area contributed by atoms with Crippen molar-refractivity contribution in [3.05, 3.63) is 17.7 Å². The van der Waals surface area contributed by atoms with E-state index in [0.29, 0.717) is 0 Å². The largest absolute Gasteiger partial charge is 0.332 e. The van der Waals surface area contributed by atoms with Crippen LogP contribution in [0.5, 0.6) is 0 Å². The molecule has 0 N–H and O–H groups in total. The van der Waals surface area contributed by atoms with Crippen molar-refractivity contribution in [2.75, 3.05) is 5.75 Å². The molecule has 3 heteroatoms. The average Bonchev–Trinajstić information content (AvgIpc) is 2.74. The first-order chi connectivity index (χ1) is 7.93. The minimum absolute atomic E-state index is 0.835. The maximum Gasteiger partial charge on any atom is 0.109 e. The van der Waals surface area contributed by atoms with Crippen molar-refractivity contribution in [2.45, 2.75) is 56.7 Å². The molecule has 1 unspecified atom stereocenters. The van der Waals surface area contributed by atoms with Crippen LogP contribution in [0.3, 0.4) is 0 Å². The van der Waals surface area contributed by atoms with Crippen LogP contribution >= 0.6 is 11.8 Å². The fourth-order valence-corrected chi connectivity index (χ4v) is 4.14. The minimum Gasteiger partial charge on any atom is -0.332 e. The van der Waals surface area contributed by atoms with Crippen LogP contribution in [0.4, 0.5) is 0 Å². The van der Waals surface area contributed by atoms with Crippen molar-refractivity contribution < 1.29 is 0 Å². The van der Waals surface area contributed by atoms with Gasteiger partial charge in [0, 0.05) is 30.1 Å². The van der Waals surface area contributed by atoms with Crippen molar-refractivity contribution in [1.29, 1.82) is 0 Å². The Morgan fingerprint density at radius 3 is 3.19 bits per heavy atom. The maximum absolute atomic E-state index is 4.64. The van der Waals surface area contributed by atoms with Gasteiger partial charge >= 0.3 is 0 Å². The van der Waals surface area contributed by atoms with Gasteiger partial charge in [0.05, 0.1) is 0 Å². The highest BCUT2D eigenvalue weighted by Gasteiger charge is 2.19. The fraction of sp³-hybridized carbons (Fsp3) is 0.769. The summed E-state index contributed by atoms with van der Waals surface area (Å²) in [4.78, 5) is 4.64. The predicted octanol–water partition coefficient (Wildman–Crippen LogP) is 3.05. The Labute approximate surface area is 102 Å². The topological polar surface area (TPSA) is 17.8 Å². The van der Waals surface area contributed by atoms with E-state index in [-0.39, 0.29) is 0 Å². The molecule has 3 heterocycles. The Balaban J connectivity index is 1.71. The minimum atomic E-state index is 0.835. The average molecular weight is 236 g/mol. The molecule has 3 rings (SSSR count). The molecule has 0 radical (unpaired) electrons. The first kappa shape index (κ1) is 10.7. The third kappa shape index (κ3) is 2.15. The summed E-state index contributed by atoms with van der Waals surface area (Å²) in [5.74, 6) is 2.72. The second kappa shape index (κ2) is 4.82. The van der Waals surface area contributed by atoms with Crippen LogP contribution in [-0.2, 0) is 19.4 Å². The number of aryl methyl sites for hydroxylation is 1. The smallest absolute Gasteiger partial charge is 0.109 e. The molecule has 1 aromatic rings. The number of nitrogens with zero attached hydrogens (tertiary/aromatic N) is 2. The molecule has 1 aromatic heterocycles. The zero-order valence-corrected chi connectivity index (χ0v) is 10.6. The van der Waals surface area contributed by atoms with Gasteiger partial charge < -0.3 is 4.57 Å². The van der Waals surface area contributed by atoms with Crippen molar-refractivity contribution in [2.24, 2.45) is 0 Å². The number of hydrogen-bond donors (Lipinski definition) is 0. The van der Waals surface area contributed by atoms with Crippen LogP contribution in [0.15, 0.2) is 6.20 Å². The number of fused-ring (bicyclic) bond motifs is 1. The van der Waals surface area contributed by atoms with E-state index < -0.39 is 0 Å². The second-order valence-corrected chi connectivity index (χ2v) is 6.38. The van der Waals surface area contributed by atoms with Crippen molar-refractivity contribution in [1.82, 2.24) is 9.55 Å². The molecular formula is C13H20N2S. The van der Waals surface area contributed by atoms with Crippen molar-refractivity contribution >= 4 is 11.8 Å². The SMILES string of the molecule is c1nc(CC2CCCCS2)n2c1CCCC2. The van der Waals surface area contributed by atoms with Gasteiger partial charge in [-0.2, -0.15) is 11.8 Å². The van der Waals surface area contributed by atoms with Gasteiger partial charge in [0.2, 0.25) is 0 Å². The van der Waals surface area contributed by atoms with Crippen LogP contribution < -0.4 is 0 Å².